The van der Waals surface area contributed by atoms with Gasteiger partial charge >= 0.3 is 0 Å². The van der Waals surface area contributed by atoms with Crippen LogP contribution in [0.2, 0.25) is 0 Å². The minimum absolute atomic E-state index is 0.220. The summed E-state index contributed by atoms with van der Waals surface area (Å²) in [4.78, 5) is 14.0. The van der Waals surface area contributed by atoms with Gasteiger partial charge in [0.15, 0.2) is 0 Å². The fourth-order valence-corrected chi connectivity index (χ4v) is 2.76. The average Bonchev–Trinajstić information content (AvgIpc) is 2.45. The maximum Gasteiger partial charge on any atom is 0.222 e. The summed E-state index contributed by atoms with van der Waals surface area (Å²) in [6.07, 6.45) is 3.07. The Morgan fingerprint density at radius 3 is 2.48 bits per heavy atom. The van der Waals surface area contributed by atoms with E-state index in [9.17, 15) is 4.79 Å². The van der Waals surface area contributed by atoms with Crippen LogP contribution < -0.4 is 5.73 Å². The number of amides is 1. The Morgan fingerprint density at radius 2 is 1.90 bits per heavy atom. The SMILES string of the molecule is CCOC1CC(CC(=O)N(C)Cc2ccc(CN)cc2)C1. The van der Waals surface area contributed by atoms with E-state index in [0.29, 0.717) is 31.5 Å². The third-order valence-corrected chi connectivity index (χ3v) is 4.16. The van der Waals surface area contributed by atoms with E-state index < -0.39 is 0 Å². The molecule has 1 aromatic carbocycles. The Bertz CT molecular complexity index is 452. The van der Waals surface area contributed by atoms with Gasteiger partial charge in [-0.2, -0.15) is 0 Å². The summed E-state index contributed by atoms with van der Waals surface area (Å²) in [5.41, 5.74) is 7.84. The number of rotatable bonds is 7. The molecule has 1 aromatic rings. The zero-order valence-corrected chi connectivity index (χ0v) is 13.0. The van der Waals surface area contributed by atoms with Crippen LogP contribution in [0.3, 0.4) is 0 Å². The van der Waals surface area contributed by atoms with Crippen molar-refractivity contribution in [2.45, 2.75) is 45.4 Å². The van der Waals surface area contributed by atoms with Gasteiger partial charge in [-0.15, -0.1) is 0 Å². The highest BCUT2D eigenvalue weighted by Crippen LogP contribution is 2.33. The van der Waals surface area contributed by atoms with Crippen molar-refractivity contribution in [3.8, 4) is 0 Å². The summed E-state index contributed by atoms with van der Waals surface area (Å²) in [5.74, 6) is 0.717. The lowest BCUT2D eigenvalue weighted by molar-refractivity contribution is -0.133. The Labute approximate surface area is 127 Å². The summed E-state index contributed by atoms with van der Waals surface area (Å²) in [7, 11) is 1.87. The number of nitrogens with zero attached hydrogens (tertiary/aromatic N) is 1. The van der Waals surface area contributed by atoms with E-state index in [1.807, 2.05) is 43.1 Å². The van der Waals surface area contributed by atoms with Gasteiger partial charge in [-0.25, -0.2) is 0 Å². The van der Waals surface area contributed by atoms with Crippen LogP contribution in [0, 0.1) is 5.92 Å². The van der Waals surface area contributed by atoms with Crippen LogP contribution >= 0.6 is 0 Å². The first-order valence-corrected chi connectivity index (χ1v) is 7.75. The molecule has 4 nitrogen and oxygen atoms in total. The quantitative estimate of drug-likeness (QED) is 0.838. The highest BCUT2D eigenvalue weighted by atomic mass is 16.5. The highest BCUT2D eigenvalue weighted by Gasteiger charge is 2.31. The first-order chi connectivity index (χ1) is 10.1. The third kappa shape index (κ3) is 4.55. The highest BCUT2D eigenvalue weighted by molar-refractivity contribution is 5.76. The van der Waals surface area contributed by atoms with Crippen LogP contribution in [0.4, 0.5) is 0 Å². The van der Waals surface area contributed by atoms with Crippen molar-refractivity contribution in [2.75, 3.05) is 13.7 Å². The molecule has 0 spiro atoms. The summed E-state index contributed by atoms with van der Waals surface area (Å²) >= 11 is 0. The molecular formula is C17H26N2O2. The van der Waals surface area contributed by atoms with Crippen molar-refractivity contribution in [1.82, 2.24) is 4.90 Å². The lowest BCUT2D eigenvalue weighted by atomic mass is 9.80. The normalized spacial score (nSPS) is 20.9. The molecule has 0 atom stereocenters. The van der Waals surface area contributed by atoms with E-state index in [0.717, 1.165) is 30.6 Å². The van der Waals surface area contributed by atoms with Gasteiger partial charge < -0.3 is 15.4 Å². The van der Waals surface area contributed by atoms with Gasteiger partial charge in [-0.1, -0.05) is 24.3 Å². The van der Waals surface area contributed by atoms with Crippen molar-refractivity contribution in [2.24, 2.45) is 11.7 Å². The molecule has 2 rings (SSSR count). The predicted octanol–water partition coefficient (Wildman–Crippen LogP) is 2.31. The van der Waals surface area contributed by atoms with Crippen molar-refractivity contribution >= 4 is 5.91 Å². The molecule has 1 amide bonds. The standard InChI is InChI=1S/C17H26N2O2/c1-3-21-16-8-15(9-16)10-17(20)19(2)12-14-6-4-13(11-18)5-7-14/h4-7,15-16H,3,8-12,18H2,1-2H3. The minimum atomic E-state index is 0.220. The van der Waals surface area contributed by atoms with Gasteiger partial charge in [0.2, 0.25) is 5.91 Å². The second-order valence-electron chi connectivity index (χ2n) is 5.89. The molecule has 0 radical (unpaired) electrons. The Morgan fingerprint density at radius 1 is 1.29 bits per heavy atom. The number of nitrogens with two attached hydrogens (primary N) is 1. The maximum atomic E-state index is 12.2. The third-order valence-electron chi connectivity index (χ3n) is 4.16. The van der Waals surface area contributed by atoms with E-state index in [-0.39, 0.29) is 5.91 Å². The van der Waals surface area contributed by atoms with Gasteiger partial charge in [0, 0.05) is 33.2 Å². The molecule has 0 unspecified atom stereocenters. The Kier molecular flexibility index (Phi) is 5.76. The molecule has 0 bridgehead atoms. The first kappa shape index (κ1) is 16.0. The first-order valence-electron chi connectivity index (χ1n) is 7.75. The van der Waals surface area contributed by atoms with E-state index in [1.165, 1.54) is 0 Å². The topological polar surface area (TPSA) is 55.6 Å². The van der Waals surface area contributed by atoms with Gasteiger partial charge in [-0.3, -0.25) is 4.79 Å². The fourth-order valence-electron chi connectivity index (χ4n) is 2.76. The van der Waals surface area contributed by atoms with E-state index in [4.69, 9.17) is 10.5 Å². The van der Waals surface area contributed by atoms with Gasteiger partial charge in [-0.05, 0) is 36.8 Å². The minimum Gasteiger partial charge on any atom is -0.378 e. The largest absolute Gasteiger partial charge is 0.378 e. The van der Waals surface area contributed by atoms with Crippen molar-refractivity contribution < 1.29 is 9.53 Å². The molecule has 1 aliphatic rings. The number of ether oxygens (including phenoxy) is 1. The predicted molar refractivity (Wildman–Crippen MR) is 83.6 cm³/mol. The molecule has 21 heavy (non-hydrogen) atoms. The molecule has 116 valence electrons. The van der Waals surface area contributed by atoms with Crippen molar-refractivity contribution in [3.63, 3.8) is 0 Å². The number of carbonyl (C=O) groups is 1. The summed E-state index contributed by atoms with van der Waals surface area (Å²) in [5, 5.41) is 0. The smallest absolute Gasteiger partial charge is 0.222 e. The monoisotopic (exact) mass is 290 g/mol. The Hall–Kier alpha value is -1.39. The van der Waals surface area contributed by atoms with Crippen LogP contribution in [0.5, 0.6) is 0 Å². The van der Waals surface area contributed by atoms with Gasteiger partial charge in [0.1, 0.15) is 0 Å². The molecular weight excluding hydrogens is 264 g/mol. The molecule has 1 aliphatic carbocycles. The molecule has 0 aromatic heterocycles. The zero-order chi connectivity index (χ0) is 15.2. The lowest BCUT2D eigenvalue weighted by Gasteiger charge is -2.35. The second kappa shape index (κ2) is 7.57. The molecule has 0 saturated heterocycles. The van der Waals surface area contributed by atoms with Crippen LogP contribution in [0.1, 0.15) is 37.3 Å². The molecule has 2 N–H and O–H groups in total. The van der Waals surface area contributed by atoms with Crippen molar-refractivity contribution in [3.05, 3.63) is 35.4 Å². The van der Waals surface area contributed by atoms with Gasteiger partial charge in [0.25, 0.3) is 0 Å². The van der Waals surface area contributed by atoms with E-state index in [2.05, 4.69) is 0 Å². The lowest BCUT2D eigenvalue weighted by Crippen LogP contribution is -2.36. The molecule has 0 heterocycles. The van der Waals surface area contributed by atoms with Crippen LogP contribution in [0.15, 0.2) is 24.3 Å². The summed E-state index contributed by atoms with van der Waals surface area (Å²) in [6.45, 7) is 4.00. The van der Waals surface area contributed by atoms with E-state index in [1.54, 1.807) is 0 Å². The molecule has 1 fully saturated rings. The Balaban J connectivity index is 1.75. The maximum absolute atomic E-state index is 12.2. The molecule has 0 aliphatic heterocycles. The number of hydrogen-bond acceptors (Lipinski definition) is 3. The fraction of sp³-hybridized carbons (Fsp3) is 0.588. The van der Waals surface area contributed by atoms with E-state index >= 15 is 0 Å². The summed E-state index contributed by atoms with van der Waals surface area (Å²) < 4.78 is 5.53. The van der Waals surface area contributed by atoms with Crippen LogP contribution in [0.25, 0.3) is 0 Å². The summed E-state index contributed by atoms with van der Waals surface area (Å²) in [6, 6.07) is 8.12. The average molecular weight is 290 g/mol. The zero-order valence-electron chi connectivity index (χ0n) is 13.0. The van der Waals surface area contributed by atoms with Gasteiger partial charge in [0.05, 0.1) is 6.10 Å². The van der Waals surface area contributed by atoms with Crippen molar-refractivity contribution in [1.29, 1.82) is 0 Å². The second-order valence-corrected chi connectivity index (χ2v) is 5.89. The molecule has 4 heteroatoms. The number of hydrogen-bond donors (Lipinski definition) is 1. The molecule has 1 saturated carbocycles. The number of carbonyl (C=O) groups excluding carboxylic acids is 1. The van der Waals surface area contributed by atoms with Crippen LogP contribution in [-0.4, -0.2) is 30.6 Å². The van der Waals surface area contributed by atoms with Crippen LogP contribution in [-0.2, 0) is 22.6 Å². The number of benzene rings is 1.